The van der Waals surface area contributed by atoms with Crippen molar-refractivity contribution in [2.24, 2.45) is 0 Å². The molecule has 0 unspecified atom stereocenters. The molecule has 2 N–H and O–H groups in total. The molecule has 1 aliphatic rings. The zero-order valence-electron chi connectivity index (χ0n) is 15.3. The van der Waals surface area contributed by atoms with Crippen molar-refractivity contribution in [3.63, 3.8) is 0 Å². The summed E-state index contributed by atoms with van der Waals surface area (Å²) in [6, 6.07) is 13.6. The minimum atomic E-state index is -0.167. The van der Waals surface area contributed by atoms with Gasteiger partial charge < -0.3 is 15.5 Å². The molecule has 3 amide bonds. The van der Waals surface area contributed by atoms with E-state index in [4.69, 9.17) is 0 Å². The number of carbonyl (C=O) groups is 2. The maximum Gasteiger partial charge on any atom is 0.315 e. The first-order valence-corrected chi connectivity index (χ1v) is 9.10. The smallest absolute Gasteiger partial charge is 0.315 e. The normalized spacial score (nSPS) is 12.6. The van der Waals surface area contributed by atoms with Crippen LogP contribution in [-0.4, -0.2) is 25.0 Å². The molecule has 0 bridgehead atoms. The van der Waals surface area contributed by atoms with E-state index in [1.807, 2.05) is 55.1 Å². The van der Waals surface area contributed by atoms with Crippen molar-refractivity contribution < 1.29 is 9.59 Å². The fourth-order valence-electron chi connectivity index (χ4n) is 3.16. The summed E-state index contributed by atoms with van der Waals surface area (Å²) in [6.45, 7) is 5.79. The van der Waals surface area contributed by atoms with Gasteiger partial charge in [0, 0.05) is 30.9 Å². The zero-order chi connectivity index (χ0) is 18.5. The molecule has 26 heavy (non-hydrogen) atoms. The Bertz CT molecular complexity index is 817. The molecule has 1 aliphatic heterocycles. The van der Waals surface area contributed by atoms with Gasteiger partial charge in [0.1, 0.15) is 0 Å². The van der Waals surface area contributed by atoms with Crippen LogP contribution in [0.1, 0.15) is 40.4 Å². The molecular weight excluding hydrogens is 326 g/mol. The highest BCUT2D eigenvalue weighted by atomic mass is 16.2. The number of fused-ring (bicyclic) bond motifs is 1. The molecule has 136 valence electrons. The quantitative estimate of drug-likeness (QED) is 0.867. The van der Waals surface area contributed by atoms with E-state index < -0.39 is 0 Å². The predicted molar refractivity (Wildman–Crippen MR) is 104 cm³/mol. The van der Waals surface area contributed by atoms with Crippen LogP contribution in [0.2, 0.25) is 0 Å². The largest absolute Gasteiger partial charge is 0.338 e. The number of hydrogen-bond acceptors (Lipinski definition) is 2. The maximum atomic E-state index is 12.9. The van der Waals surface area contributed by atoms with E-state index in [9.17, 15) is 9.59 Å². The van der Waals surface area contributed by atoms with Crippen LogP contribution in [0, 0.1) is 6.92 Å². The van der Waals surface area contributed by atoms with Crippen LogP contribution < -0.4 is 15.5 Å². The van der Waals surface area contributed by atoms with Crippen molar-refractivity contribution in [2.45, 2.75) is 33.2 Å². The highest BCUT2D eigenvalue weighted by Crippen LogP contribution is 2.30. The Hall–Kier alpha value is -2.82. The number of benzene rings is 2. The van der Waals surface area contributed by atoms with Crippen LogP contribution in [0.15, 0.2) is 42.5 Å². The van der Waals surface area contributed by atoms with Crippen LogP contribution in [0.5, 0.6) is 0 Å². The second-order valence-corrected chi connectivity index (χ2v) is 6.65. The van der Waals surface area contributed by atoms with Gasteiger partial charge in [-0.15, -0.1) is 0 Å². The van der Waals surface area contributed by atoms with Gasteiger partial charge in [-0.25, -0.2) is 4.79 Å². The van der Waals surface area contributed by atoms with Crippen molar-refractivity contribution >= 4 is 17.6 Å². The summed E-state index contributed by atoms with van der Waals surface area (Å²) in [4.78, 5) is 26.5. The fourth-order valence-corrected chi connectivity index (χ4v) is 3.16. The third kappa shape index (κ3) is 4.04. The van der Waals surface area contributed by atoms with Crippen molar-refractivity contribution in [1.82, 2.24) is 10.6 Å². The van der Waals surface area contributed by atoms with Crippen LogP contribution >= 0.6 is 0 Å². The lowest BCUT2D eigenvalue weighted by Gasteiger charge is -2.18. The molecule has 5 heteroatoms. The van der Waals surface area contributed by atoms with E-state index in [1.165, 1.54) is 5.56 Å². The minimum Gasteiger partial charge on any atom is -0.338 e. The number of urea groups is 1. The Morgan fingerprint density at radius 2 is 1.96 bits per heavy atom. The van der Waals surface area contributed by atoms with Gasteiger partial charge in [0.2, 0.25) is 0 Å². The third-order valence-corrected chi connectivity index (χ3v) is 4.54. The Balaban J connectivity index is 1.73. The standard InChI is InChI=1S/C21H25N3O2/c1-3-10-22-21(26)23-14-16-7-8-17-9-11-24(19(17)13-16)20(25)18-6-4-5-15(2)12-18/h4-8,12-13H,3,9-11,14H2,1-2H3,(H2,22,23,26). The number of anilines is 1. The molecular formula is C21H25N3O2. The second kappa shape index (κ2) is 8.04. The van der Waals surface area contributed by atoms with Crippen LogP contribution in [0.25, 0.3) is 0 Å². The summed E-state index contributed by atoms with van der Waals surface area (Å²) < 4.78 is 0. The van der Waals surface area contributed by atoms with Gasteiger partial charge in [0.15, 0.2) is 0 Å². The minimum absolute atomic E-state index is 0.0262. The van der Waals surface area contributed by atoms with Gasteiger partial charge >= 0.3 is 6.03 Å². The highest BCUT2D eigenvalue weighted by Gasteiger charge is 2.25. The van der Waals surface area contributed by atoms with Gasteiger partial charge in [-0.05, 0) is 49.1 Å². The van der Waals surface area contributed by atoms with Gasteiger partial charge in [0.05, 0.1) is 0 Å². The van der Waals surface area contributed by atoms with Crippen LogP contribution in [0.4, 0.5) is 10.5 Å². The van der Waals surface area contributed by atoms with E-state index in [0.29, 0.717) is 25.2 Å². The third-order valence-electron chi connectivity index (χ3n) is 4.54. The number of nitrogens with one attached hydrogen (secondary N) is 2. The first-order chi connectivity index (χ1) is 12.6. The summed E-state index contributed by atoms with van der Waals surface area (Å²) in [7, 11) is 0. The summed E-state index contributed by atoms with van der Waals surface area (Å²) >= 11 is 0. The first kappa shape index (κ1) is 18.0. The molecule has 1 heterocycles. The van der Waals surface area contributed by atoms with E-state index in [2.05, 4.69) is 16.7 Å². The average Bonchev–Trinajstić information content (AvgIpc) is 3.07. The molecule has 2 aromatic rings. The van der Waals surface area contributed by atoms with E-state index >= 15 is 0 Å². The number of rotatable bonds is 5. The lowest BCUT2D eigenvalue weighted by Crippen LogP contribution is -2.35. The average molecular weight is 351 g/mol. The molecule has 0 radical (unpaired) electrons. The number of hydrogen-bond donors (Lipinski definition) is 2. The molecule has 0 aromatic heterocycles. The molecule has 3 rings (SSSR count). The van der Waals surface area contributed by atoms with Gasteiger partial charge in [-0.2, -0.15) is 0 Å². The van der Waals surface area contributed by atoms with Gasteiger partial charge in [0.25, 0.3) is 5.91 Å². The predicted octanol–water partition coefficient (Wildman–Crippen LogP) is 3.41. The first-order valence-electron chi connectivity index (χ1n) is 9.10. The number of aryl methyl sites for hydroxylation is 1. The Labute approximate surface area is 154 Å². The van der Waals surface area contributed by atoms with Crippen molar-refractivity contribution in [3.05, 3.63) is 64.7 Å². The molecule has 5 nitrogen and oxygen atoms in total. The van der Waals surface area contributed by atoms with Crippen molar-refractivity contribution in [2.75, 3.05) is 18.0 Å². The molecule has 0 spiro atoms. The topological polar surface area (TPSA) is 61.4 Å². The lowest BCUT2D eigenvalue weighted by atomic mass is 10.1. The number of nitrogens with zero attached hydrogens (tertiary/aromatic N) is 1. The Morgan fingerprint density at radius 3 is 2.73 bits per heavy atom. The monoisotopic (exact) mass is 351 g/mol. The molecule has 0 saturated carbocycles. The number of carbonyl (C=O) groups excluding carboxylic acids is 2. The van der Waals surface area contributed by atoms with Crippen LogP contribution in [-0.2, 0) is 13.0 Å². The second-order valence-electron chi connectivity index (χ2n) is 6.65. The summed E-state index contributed by atoms with van der Waals surface area (Å²) in [6.07, 6.45) is 1.76. The highest BCUT2D eigenvalue weighted by molar-refractivity contribution is 6.07. The Kier molecular flexibility index (Phi) is 5.56. The number of amides is 3. The van der Waals surface area contributed by atoms with E-state index in [0.717, 1.165) is 29.7 Å². The molecule has 2 aromatic carbocycles. The molecule has 0 atom stereocenters. The van der Waals surface area contributed by atoms with E-state index in [-0.39, 0.29) is 11.9 Å². The fraction of sp³-hybridized carbons (Fsp3) is 0.333. The van der Waals surface area contributed by atoms with E-state index in [1.54, 1.807) is 0 Å². The molecule has 0 aliphatic carbocycles. The molecule has 0 saturated heterocycles. The van der Waals surface area contributed by atoms with Gasteiger partial charge in [-0.1, -0.05) is 36.8 Å². The molecule has 0 fully saturated rings. The summed E-state index contributed by atoms with van der Waals surface area (Å²) in [5, 5.41) is 5.65. The van der Waals surface area contributed by atoms with Crippen molar-refractivity contribution in [1.29, 1.82) is 0 Å². The lowest BCUT2D eigenvalue weighted by molar-refractivity contribution is 0.0989. The van der Waals surface area contributed by atoms with Crippen molar-refractivity contribution in [3.8, 4) is 0 Å². The SMILES string of the molecule is CCCNC(=O)NCc1ccc2c(c1)N(C(=O)c1cccc(C)c1)CC2. The Morgan fingerprint density at radius 1 is 1.12 bits per heavy atom. The summed E-state index contributed by atoms with van der Waals surface area (Å²) in [5.74, 6) is 0.0262. The maximum absolute atomic E-state index is 12.9. The van der Waals surface area contributed by atoms with Gasteiger partial charge in [-0.3, -0.25) is 4.79 Å². The summed E-state index contributed by atoms with van der Waals surface area (Å²) in [5.41, 5.74) is 4.89. The zero-order valence-corrected chi connectivity index (χ0v) is 15.3. The van der Waals surface area contributed by atoms with Crippen LogP contribution in [0.3, 0.4) is 0 Å².